The number of benzene rings is 2. The molecular formula is C22H21Cl2N5O3S. The molecule has 0 spiro atoms. The molecule has 172 valence electrons. The molecule has 2 aromatic carbocycles. The predicted molar refractivity (Wildman–Crippen MR) is 131 cm³/mol. The summed E-state index contributed by atoms with van der Waals surface area (Å²) in [5.74, 6) is 0.737. The Balaban J connectivity index is 1.61. The fourth-order valence-corrected chi connectivity index (χ4v) is 4.14. The van der Waals surface area contributed by atoms with Crippen LogP contribution in [-0.2, 0) is 22.6 Å². The Kier molecular flexibility index (Phi) is 8.76. The maximum Gasteiger partial charge on any atom is 0.234 e. The number of methoxy groups -OCH3 is 1. The van der Waals surface area contributed by atoms with Gasteiger partial charge in [0.25, 0.3) is 0 Å². The highest BCUT2D eigenvalue weighted by atomic mass is 35.5. The Morgan fingerprint density at radius 2 is 1.73 bits per heavy atom. The Hall–Kier alpha value is -3.01. The molecule has 0 saturated heterocycles. The maximum absolute atomic E-state index is 12.5. The van der Waals surface area contributed by atoms with Crippen LogP contribution in [0.4, 0.5) is 11.4 Å². The molecule has 0 unspecified atom stereocenters. The molecule has 0 aliphatic heterocycles. The van der Waals surface area contributed by atoms with Crippen molar-refractivity contribution in [2.45, 2.75) is 18.1 Å². The van der Waals surface area contributed by atoms with E-state index >= 15 is 0 Å². The van der Waals surface area contributed by atoms with Crippen LogP contribution in [0.5, 0.6) is 5.75 Å². The number of carbonyl (C=O) groups is 2. The molecular weight excluding hydrogens is 485 g/mol. The van der Waals surface area contributed by atoms with E-state index < -0.39 is 0 Å². The second-order valence-corrected chi connectivity index (χ2v) is 8.56. The van der Waals surface area contributed by atoms with Crippen molar-refractivity contribution in [3.63, 3.8) is 0 Å². The Morgan fingerprint density at radius 3 is 2.36 bits per heavy atom. The Labute approximate surface area is 205 Å². The van der Waals surface area contributed by atoms with Crippen LogP contribution in [-0.4, -0.2) is 39.4 Å². The van der Waals surface area contributed by atoms with Gasteiger partial charge in [-0.25, -0.2) is 0 Å². The molecule has 8 nitrogen and oxygen atoms in total. The van der Waals surface area contributed by atoms with E-state index in [2.05, 4.69) is 27.4 Å². The normalized spacial score (nSPS) is 10.5. The maximum atomic E-state index is 12.5. The zero-order valence-electron chi connectivity index (χ0n) is 17.7. The topological polar surface area (TPSA) is 98.1 Å². The van der Waals surface area contributed by atoms with Crippen LogP contribution in [0.25, 0.3) is 0 Å². The van der Waals surface area contributed by atoms with E-state index in [0.717, 1.165) is 0 Å². The average Bonchev–Trinajstić information content (AvgIpc) is 3.13. The first kappa shape index (κ1) is 24.6. The Morgan fingerprint density at radius 1 is 1.06 bits per heavy atom. The lowest BCUT2D eigenvalue weighted by Gasteiger charge is -2.09. The molecule has 1 heterocycles. The number of anilines is 2. The van der Waals surface area contributed by atoms with E-state index in [1.807, 2.05) is 0 Å². The van der Waals surface area contributed by atoms with Gasteiger partial charge in [0, 0.05) is 28.0 Å². The summed E-state index contributed by atoms with van der Waals surface area (Å²) in [5, 5.41) is 15.2. The molecule has 0 aliphatic rings. The molecule has 0 aliphatic carbocycles. The standard InChI is InChI=1S/C22H21Cl2N5O3S/c1-3-8-29-19(12-20(30)25-16-4-6-18(32-2)7-5-16)27-28-22(29)33-13-21(31)26-17-10-14(23)9-15(24)11-17/h3-7,9-11H,1,8,12-13H2,2H3,(H,25,30)(H,26,31). The molecule has 0 radical (unpaired) electrons. The number of allylic oxidation sites excluding steroid dienone is 1. The summed E-state index contributed by atoms with van der Waals surface area (Å²) in [4.78, 5) is 24.8. The first-order valence-electron chi connectivity index (χ1n) is 9.73. The molecule has 2 N–H and O–H groups in total. The zero-order chi connectivity index (χ0) is 23.8. The summed E-state index contributed by atoms with van der Waals surface area (Å²) in [6, 6.07) is 11.8. The van der Waals surface area contributed by atoms with E-state index in [-0.39, 0.29) is 24.0 Å². The zero-order valence-corrected chi connectivity index (χ0v) is 20.0. The number of aromatic nitrogens is 3. The predicted octanol–water partition coefficient (Wildman–Crippen LogP) is 4.69. The number of rotatable bonds is 10. The minimum atomic E-state index is -0.259. The van der Waals surface area contributed by atoms with Gasteiger partial charge >= 0.3 is 0 Å². The Bertz CT molecular complexity index is 1130. The molecule has 11 heteroatoms. The lowest BCUT2D eigenvalue weighted by atomic mass is 10.3. The van der Waals surface area contributed by atoms with Gasteiger partial charge in [-0.1, -0.05) is 41.0 Å². The van der Waals surface area contributed by atoms with Gasteiger partial charge in [-0.2, -0.15) is 0 Å². The fourth-order valence-electron chi connectivity index (χ4n) is 2.85. The van der Waals surface area contributed by atoms with Crippen LogP contribution in [0.15, 0.2) is 60.3 Å². The van der Waals surface area contributed by atoms with Crippen LogP contribution in [0.3, 0.4) is 0 Å². The van der Waals surface area contributed by atoms with Crippen molar-refractivity contribution in [2.24, 2.45) is 0 Å². The van der Waals surface area contributed by atoms with Gasteiger partial charge in [-0.15, -0.1) is 16.8 Å². The highest BCUT2D eigenvalue weighted by molar-refractivity contribution is 7.99. The average molecular weight is 506 g/mol. The van der Waals surface area contributed by atoms with Crippen molar-refractivity contribution in [1.29, 1.82) is 0 Å². The molecule has 0 saturated carbocycles. The fraction of sp³-hybridized carbons (Fsp3) is 0.182. The van der Waals surface area contributed by atoms with Crippen molar-refractivity contribution < 1.29 is 14.3 Å². The monoisotopic (exact) mass is 505 g/mol. The third-order valence-electron chi connectivity index (χ3n) is 4.28. The molecule has 0 fully saturated rings. The van der Waals surface area contributed by atoms with Crippen molar-refractivity contribution in [1.82, 2.24) is 14.8 Å². The molecule has 3 aromatic rings. The van der Waals surface area contributed by atoms with E-state index in [4.69, 9.17) is 27.9 Å². The summed E-state index contributed by atoms with van der Waals surface area (Å²) >= 11 is 13.1. The van der Waals surface area contributed by atoms with Gasteiger partial charge in [0.15, 0.2) is 5.16 Å². The number of ether oxygens (including phenoxy) is 1. The van der Waals surface area contributed by atoms with Gasteiger partial charge in [-0.05, 0) is 42.5 Å². The van der Waals surface area contributed by atoms with Gasteiger partial charge in [-0.3, -0.25) is 9.59 Å². The minimum absolute atomic E-state index is 0.0145. The van der Waals surface area contributed by atoms with Crippen LogP contribution < -0.4 is 15.4 Å². The molecule has 1 aromatic heterocycles. The minimum Gasteiger partial charge on any atom is -0.497 e. The summed E-state index contributed by atoms with van der Waals surface area (Å²) < 4.78 is 6.86. The first-order chi connectivity index (χ1) is 15.9. The highest BCUT2D eigenvalue weighted by Gasteiger charge is 2.16. The number of carbonyl (C=O) groups excluding carboxylic acids is 2. The van der Waals surface area contributed by atoms with Crippen LogP contribution in [0.2, 0.25) is 10.0 Å². The van der Waals surface area contributed by atoms with Crippen LogP contribution in [0, 0.1) is 0 Å². The lowest BCUT2D eigenvalue weighted by molar-refractivity contribution is -0.116. The number of amides is 2. The smallest absolute Gasteiger partial charge is 0.234 e. The molecule has 3 rings (SSSR count). The summed E-state index contributed by atoms with van der Waals surface area (Å²) in [6.45, 7) is 4.14. The molecule has 0 bridgehead atoms. The third kappa shape index (κ3) is 7.24. The van der Waals surface area contributed by atoms with Gasteiger partial charge in [0.05, 0.1) is 19.3 Å². The van der Waals surface area contributed by atoms with Gasteiger partial charge in [0.1, 0.15) is 11.6 Å². The van der Waals surface area contributed by atoms with Crippen LogP contribution >= 0.6 is 35.0 Å². The number of nitrogens with one attached hydrogen (secondary N) is 2. The van der Waals surface area contributed by atoms with E-state index in [1.54, 1.807) is 60.2 Å². The summed E-state index contributed by atoms with van der Waals surface area (Å²) in [5.41, 5.74) is 1.14. The number of halogens is 2. The highest BCUT2D eigenvalue weighted by Crippen LogP contribution is 2.23. The number of nitrogens with zero attached hydrogens (tertiary/aromatic N) is 3. The lowest BCUT2D eigenvalue weighted by Crippen LogP contribution is -2.18. The third-order valence-corrected chi connectivity index (χ3v) is 5.68. The largest absolute Gasteiger partial charge is 0.497 e. The van der Waals surface area contributed by atoms with Crippen molar-refractivity contribution in [3.8, 4) is 5.75 Å². The second-order valence-electron chi connectivity index (χ2n) is 6.75. The quantitative estimate of drug-likeness (QED) is 0.306. The van der Waals surface area contributed by atoms with Gasteiger partial charge < -0.3 is 19.9 Å². The summed E-state index contributed by atoms with van der Waals surface area (Å²) in [7, 11) is 1.58. The SMILES string of the molecule is C=CCn1c(CC(=O)Nc2ccc(OC)cc2)nnc1SCC(=O)Nc1cc(Cl)cc(Cl)c1. The first-order valence-corrected chi connectivity index (χ1v) is 11.5. The number of thioether (sulfide) groups is 1. The molecule has 0 atom stereocenters. The number of hydrogen-bond donors (Lipinski definition) is 2. The van der Waals surface area contributed by atoms with Crippen molar-refractivity contribution >= 4 is 58.2 Å². The second kappa shape index (κ2) is 11.7. The van der Waals surface area contributed by atoms with Crippen LogP contribution in [0.1, 0.15) is 5.82 Å². The summed E-state index contributed by atoms with van der Waals surface area (Å²) in [6.07, 6.45) is 1.69. The van der Waals surface area contributed by atoms with Crippen molar-refractivity contribution in [3.05, 3.63) is 71.0 Å². The molecule has 2 amide bonds. The van der Waals surface area contributed by atoms with Crippen molar-refractivity contribution in [2.75, 3.05) is 23.5 Å². The van der Waals surface area contributed by atoms with E-state index in [0.29, 0.717) is 44.7 Å². The number of hydrogen-bond acceptors (Lipinski definition) is 6. The van der Waals surface area contributed by atoms with Gasteiger partial charge in [0.2, 0.25) is 11.8 Å². The molecule has 33 heavy (non-hydrogen) atoms. The van der Waals surface area contributed by atoms with E-state index in [9.17, 15) is 9.59 Å². The van der Waals surface area contributed by atoms with E-state index in [1.165, 1.54) is 11.8 Å².